The van der Waals surface area contributed by atoms with E-state index in [1.807, 2.05) is 67.2 Å². The number of nitrogens with zero attached hydrogens (tertiary/aromatic N) is 1. The molecule has 124 valence electrons. The van der Waals surface area contributed by atoms with Crippen molar-refractivity contribution in [3.63, 3.8) is 0 Å². The van der Waals surface area contributed by atoms with Crippen molar-refractivity contribution < 1.29 is 4.79 Å². The number of anilines is 1. The molecule has 4 heteroatoms. The van der Waals surface area contributed by atoms with Gasteiger partial charge in [0.2, 0.25) is 0 Å². The van der Waals surface area contributed by atoms with Crippen molar-refractivity contribution >= 4 is 11.7 Å². The molecule has 0 aliphatic heterocycles. The van der Waals surface area contributed by atoms with Crippen LogP contribution in [0.4, 0.5) is 10.5 Å². The second-order valence-corrected chi connectivity index (χ2v) is 7.84. The molecule has 0 unspecified atom stereocenters. The lowest BCUT2D eigenvalue weighted by Crippen LogP contribution is -2.47. The highest BCUT2D eigenvalue weighted by Crippen LogP contribution is 2.26. The molecule has 2 amide bonds. The van der Waals surface area contributed by atoms with Crippen LogP contribution in [-0.4, -0.2) is 16.1 Å². The molecule has 2 aromatic rings. The molecule has 4 nitrogen and oxygen atoms in total. The van der Waals surface area contributed by atoms with E-state index in [0.717, 1.165) is 17.8 Å². The molecule has 0 radical (unpaired) electrons. The second kappa shape index (κ2) is 6.49. The van der Waals surface area contributed by atoms with Crippen molar-refractivity contribution in [3.05, 3.63) is 48.8 Å². The monoisotopic (exact) mass is 313 g/mol. The Morgan fingerprint density at radius 1 is 1.00 bits per heavy atom. The molecule has 0 atom stereocenters. The zero-order valence-electron chi connectivity index (χ0n) is 14.7. The van der Waals surface area contributed by atoms with Gasteiger partial charge in [-0.3, -0.25) is 0 Å². The van der Waals surface area contributed by atoms with Crippen molar-refractivity contribution in [1.82, 2.24) is 9.88 Å². The molecule has 0 spiro atoms. The Morgan fingerprint density at radius 3 is 2.09 bits per heavy atom. The van der Waals surface area contributed by atoms with Crippen LogP contribution in [-0.2, 0) is 0 Å². The van der Waals surface area contributed by atoms with Crippen LogP contribution in [0.1, 0.15) is 41.0 Å². The fourth-order valence-electron chi connectivity index (χ4n) is 3.06. The minimum atomic E-state index is -0.257. The van der Waals surface area contributed by atoms with E-state index in [4.69, 9.17) is 0 Å². The molecular formula is C19H27N3O. The first kappa shape index (κ1) is 17.1. The van der Waals surface area contributed by atoms with Gasteiger partial charge in [-0.25, -0.2) is 4.79 Å². The van der Waals surface area contributed by atoms with Crippen LogP contribution < -0.4 is 10.6 Å². The van der Waals surface area contributed by atoms with E-state index < -0.39 is 0 Å². The van der Waals surface area contributed by atoms with Crippen LogP contribution in [0.15, 0.2) is 48.8 Å². The average molecular weight is 313 g/mol. The van der Waals surface area contributed by atoms with Crippen LogP contribution in [0.25, 0.3) is 5.69 Å². The summed E-state index contributed by atoms with van der Waals surface area (Å²) < 4.78 is 2.02. The van der Waals surface area contributed by atoms with Crippen LogP contribution >= 0.6 is 0 Å². The Balaban J connectivity index is 1.95. The summed E-state index contributed by atoms with van der Waals surface area (Å²) in [5.74, 6) is 0. The first-order valence-corrected chi connectivity index (χ1v) is 7.97. The maximum absolute atomic E-state index is 12.2. The first-order valence-electron chi connectivity index (χ1n) is 7.97. The number of carbonyl (C=O) groups excluding carboxylic acids is 1. The minimum absolute atomic E-state index is 0.162. The first-order chi connectivity index (χ1) is 10.6. The Bertz CT molecular complexity index is 634. The predicted octanol–water partition coefficient (Wildman–Crippen LogP) is 4.81. The smallest absolute Gasteiger partial charge is 0.319 e. The van der Waals surface area contributed by atoms with Gasteiger partial charge in [-0.2, -0.15) is 0 Å². The predicted molar refractivity (Wildman–Crippen MR) is 96.1 cm³/mol. The van der Waals surface area contributed by atoms with Crippen LogP contribution in [0.2, 0.25) is 0 Å². The molecule has 1 aromatic carbocycles. The topological polar surface area (TPSA) is 46.1 Å². The van der Waals surface area contributed by atoms with Gasteiger partial charge in [0.1, 0.15) is 0 Å². The normalized spacial score (nSPS) is 12.0. The molecule has 1 aromatic heterocycles. The van der Waals surface area contributed by atoms with Gasteiger partial charge in [0, 0.05) is 29.3 Å². The summed E-state index contributed by atoms with van der Waals surface area (Å²) in [5.41, 5.74) is 1.75. The third kappa shape index (κ3) is 5.47. The number of carbonyl (C=O) groups is 1. The lowest BCUT2D eigenvalue weighted by molar-refractivity contribution is 0.220. The van der Waals surface area contributed by atoms with E-state index in [9.17, 15) is 4.79 Å². The number of rotatable bonds is 4. The van der Waals surface area contributed by atoms with Crippen molar-refractivity contribution in [2.45, 2.75) is 46.6 Å². The van der Waals surface area contributed by atoms with E-state index in [1.165, 1.54) is 0 Å². The van der Waals surface area contributed by atoms with Crippen molar-refractivity contribution in [2.75, 3.05) is 5.32 Å². The van der Waals surface area contributed by atoms with E-state index in [1.54, 1.807) is 0 Å². The molecule has 0 saturated heterocycles. The third-order valence-corrected chi connectivity index (χ3v) is 3.45. The number of nitrogens with one attached hydrogen (secondary N) is 2. The third-order valence-electron chi connectivity index (χ3n) is 3.45. The molecule has 0 aliphatic rings. The number of urea groups is 1. The van der Waals surface area contributed by atoms with Gasteiger partial charge in [0.15, 0.2) is 0 Å². The summed E-state index contributed by atoms with van der Waals surface area (Å²) in [7, 11) is 0. The standard InChI is InChI=1S/C19H27N3O/c1-18(2,3)14-19(4,5)21-17(23)20-15-8-10-16(11-9-15)22-12-6-7-13-22/h6-13H,14H2,1-5H3,(H2,20,21,23). The van der Waals surface area contributed by atoms with Crippen LogP contribution in [0.3, 0.4) is 0 Å². The van der Waals surface area contributed by atoms with E-state index in [-0.39, 0.29) is 17.0 Å². The van der Waals surface area contributed by atoms with Gasteiger partial charge >= 0.3 is 6.03 Å². The Hall–Kier alpha value is -2.23. The summed E-state index contributed by atoms with van der Waals surface area (Å²) in [5, 5.41) is 5.95. The van der Waals surface area contributed by atoms with E-state index in [0.29, 0.717) is 0 Å². The number of hydrogen-bond donors (Lipinski definition) is 2. The number of aromatic nitrogens is 1. The Labute approximate surface area is 138 Å². The number of amides is 2. The zero-order valence-corrected chi connectivity index (χ0v) is 14.7. The Morgan fingerprint density at radius 2 is 1.57 bits per heavy atom. The Kier molecular flexibility index (Phi) is 4.83. The molecular weight excluding hydrogens is 286 g/mol. The molecule has 23 heavy (non-hydrogen) atoms. The molecule has 0 bridgehead atoms. The fourth-order valence-corrected chi connectivity index (χ4v) is 3.06. The molecule has 1 heterocycles. The van der Waals surface area contributed by atoms with Gasteiger partial charge in [-0.1, -0.05) is 20.8 Å². The van der Waals surface area contributed by atoms with Crippen LogP contribution in [0, 0.1) is 5.41 Å². The van der Waals surface area contributed by atoms with Crippen molar-refractivity contribution in [3.8, 4) is 5.69 Å². The van der Waals surface area contributed by atoms with Gasteiger partial charge in [-0.05, 0) is 62.1 Å². The maximum atomic E-state index is 12.2. The summed E-state index contributed by atoms with van der Waals surface area (Å²) in [4.78, 5) is 12.2. The highest BCUT2D eigenvalue weighted by molar-refractivity contribution is 5.89. The maximum Gasteiger partial charge on any atom is 0.319 e. The van der Waals surface area contributed by atoms with E-state index in [2.05, 4.69) is 31.4 Å². The molecule has 0 aliphatic carbocycles. The highest BCUT2D eigenvalue weighted by Gasteiger charge is 2.26. The molecule has 0 fully saturated rings. The van der Waals surface area contributed by atoms with Gasteiger partial charge < -0.3 is 15.2 Å². The SMILES string of the molecule is CC(C)(C)CC(C)(C)NC(=O)Nc1ccc(-n2cccc2)cc1. The molecule has 0 saturated carbocycles. The molecule has 2 N–H and O–H groups in total. The van der Waals surface area contributed by atoms with Crippen molar-refractivity contribution in [1.29, 1.82) is 0 Å². The zero-order chi connectivity index (χ0) is 17.1. The summed E-state index contributed by atoms with van der Waals surface area (Å²) in [6.45, 7) is 10.6. The average Bonchev–Trinajstić information content (AvgIpc) is 2.89. The van der Waals surface area contributed by atoms with Gasteiger partial charge in [0.25, 0.3) is 0 Å². The summed E-state index contributed by atoms with van der Waals surface area (Å²) in [6, 6.07) is 11.6. The summed E-state index contributed by atoms with van der Waals surface area (Å²) >= 11 is 0. The molecule has 2 rings (SSSR count). The number of hydrogen-bond acceptors (Lipinski definition) is 1. The largest absolute Gasteiger partial charge is 0.333 e. The second-order valence-electron chi connectivity index (χ2n) is 7.84. The van der Waals surface area contributed by atoms with Crippen LogP contribution in [0.5, 0.6) is 0 Å². The van der Waals surface area contributed by atoms with Gasteiger partial charge in [0.05, 0.1) is 0 Å². The highest BCUT2D eigenvalue weighted by atomic mass is 16.2. The quantitative estimate of drug-likeness (QED) is 0.835. The fraction of sp³-hybridized carbons (Fsp3) is 0.421. The lowest BCUT2D eigenvalue weighted by atomic mass is 9.82. The van der Waals surface area contributed by atoms with Crippen molar-refractivity contribution in [2.24, 2.45) is 5.41 Å². The van der Waals surface area contributed by atoms with E-state index >= 15 is 0 Å². The lowest BCUT2D eigenvalue weighted by Gasteiger charge is -2.33. The van der Waals surface area contributed by atoms with Gasteiger partial charge in [-0.15, -0.1) is 0 Å². The minimum Gasteiger partial charge on any atom is -0.333 e. The number of benzene rings is 1. The summed E-state index contributed by atoms with van der Waals surface area (Å²) in [6.07, 6.45) is 4.88.